The lowest BCUT2D eigenvalue weighted by Crippen LogP contribution is -2.55. The highest BCUT2D eigenvalue weighted by Gasteiger charge is 2.27. The number of likely N-dealkylation sites (N-methyl/N-ethyl adjacent to an activating group) is 1. The second kappa shape index (κ2) is 4.53. The molecule has 0 amide bonds. The lowest BCUT2D eigenvalue weighted by Gasteiger charge is -2.43. The van der Waals surface area contributed by atoms with Crippen molar-refractivity contribution in [1.29, 1.82) is 0 Å². The third-order valence-electron chi connectivity index (χ3n) is 3.82. The number of anilines is 2. The first-order valence-electron chi connectivity index (χ1n) is 6.18. The van der Waals surface area contributed by atoms with Gasteiger partial charge in [0.1, 0.15) is 5.82 Å². The standard InChI is InChI=1S/C13H22N4/c1-9-5-13(15-6-12(9)14)17-7-10(2)16(4)11(3)8-17/h5-6,10-11H,7-8,14H2,1-4H3. The maximum Gasteiger partial charge on any atom is 0.129 e. The molecule has 0 radical (unpaired) electrons. The van der Waals surface area contributed by atoms with E-state index in [1.165, 1.54) is 0 Å². The number of aromatic nitrogens is 1. The van der Waals surface area contributed by atoms with Crippen LogP contribution in [-0.2, 0) is 0 Å². The fraction of sp³-hybridized carbons (Fsp3) is 0.615. The number of nitrogens with two attached hydrogens (primary N) is 1. The molecule has 1 aliphatic rings. The molecule has 1 saturated heterocycles. The van der Waals surface area contributed by atoms with E-state index in [1.807, 2.05) is 6.92 Å². The van der Waals surface area contributed by atoms with Gasteiger partial charge in [0.15, 0.2) is 0 Å². The molecule has 4 heteroatoms. The van der Waals surface area contributed by atoms with Crippen molar-refractivity contribution in [2.24, 2.45) is 0 Å². The van der Waals surface area contributed by atoms with Gasteiger partial charge in [-0.3, -0.25) is 4.90 Å². The van der Waals surface area contributed by atoms with Crippen LogP contribution in [0.5, 0.6) is 0 Å². The van der Waals surface area contributed by atoms with Gasteiger partial charge >= 0.3 is 0 Å². The van der Waals surface area contributed by atoms with Gasteiger partial charge in [-0.15, -0.1) is 0 Å². The van der Waals surface area contributed by atoms with E-state index in [9.17, 15) is 0 Å². The Morgan fingerprint density at radius 3 is 2.41 bits per heavy atom. The summed E-state index contributed by atoms with van der Waals surface area (Å²) in [5.41, 5.74) is 7.68. The summed E-state index contributed by atoms with van der Waals surface area (Å²) in [6.07, 6.45) is 1.76. The van der Waals surface area contributed by atoms with Crippen molar-refractivity contribution in [3.8, 4) is 0 Å². The first kappa shape index (κ1) is 12.2. The molecule has 0 bridgehead atoms. The van der Waals surface area contributed by atoms with Crippen LogP contribution in [-0.4, -0.2) is 42.1 Å². The maximum absolute atomic E-state index is 5.81. The number of pyridine rings is 1. The summed E-state index contributed by atoms with van der Waals surface area (Å²) in [5, 5.41) is 0. The van der Waals surface area contributed by atoms with Gasteiger partial charge in [0.25, 0.3) is 0 Å². The second-order valence-electron chi connectivity index (χ2n) is 5.17. The van der Waals surface area contributed by atoms with Crippen LogP contribution in [0, 0.1) is 6.92 Å². The first-order chi connectivity index (χ1) is 7.99. The van der Waals surface area contributed by atoms with Gasteiger partial charge in [-0.1, -0.05) is 0 Å². The Kier molecular flexibility index (Phi) is 3.24. The monoisotopic (exact) mass is 234 g/mol. The van der Waals surface area contributed by atoms with Crippen molar-refractivity contribution >= 4 is 11.5 Å². The molecule has 1 aromatic rings. The molecule has 1 aromatic heterocycles. The van der Waals surface area contributed by atoms with Crippen molar-refractivity contribution in [3.63, 3.8) is 0 Å². The predicted octanol–water partition coefficient (Wildman–Crippen LogP) is 1.50. The number of piperazine rings is 1. The molecule has 2 unspecified atom stereocenters. The van der Waals surface area contributed by atoms with Crippen molar-refractivity contribution < 1.29 is 0 Å². The van der Waals surface area contributed by atoms with Crippen LogP contribution >= 0.6 is 0 Å². The van der Waals surface area contributed by atoms with Crippen LogP contribution in [0.1, 0.15) is 19.4 Å². The topological polar surface area (TPSA) is 45.4 Å². The molecule has 2 heterocycles. The molecule has 94 valence electrons. The second-order valence-corrected chi connectivity index (χ2v) is 5.17. The molecular weight excluding hydrogens is 212 g/mol. The van der Waals surface area contributed by atoms with Gasteiger partial charge in [-0.2, -0.15) is 0 Å². The predicted molar refractivity (Wildman–Crippen MR) is 72.3 cm³/mol. The van der Waals surface area contributed by atoms with E-state index in [-0.39, 0.29) is 0 Å². The minimum absolute atomic E-state index is 0.554. The van der Waals surface area contributed by atoms with Gasteiger partial charge in [-0.05, 0) is 39.4 Å². The molecule has 2 N–H and O–H groups in total. The van der Waals surface area contributed by atoms with E-state index in [2.05, 4.69) is 41.7 Å². The first-order valence-corrected chi connectivity index (χ1v) is 6.18. The van der Waals surface area contributed by atoms with E-state index in [0.717, 1.165) is 30.2 Å². The zero-order valence-electron chi connectivity index (χ0n) is 11.1. The van der Waals surface area contributed by atoms with E-state index < -0.39 is 0 Å². The summed E-state index contributed by atoms with van der Waals surface area (Å²) < 4.78 is 0. The quantitative estimate of drug-likeness (QED) is 0.800. The number of nitrogen functional groups attached to an aromatic ring is 1. The lowest BCUT2D eigenvalue weighted by atomic mass is 10.1. The number of aryl methyl sites for hydroxylation is 1. The van der Waals surface area contributed by atoms with Gasteiger partial charge < -0.3 is 10.6 Å². The maximum atomic E-state index is 5.81. The normalized spacial score (nSPS) is 26.2. The molecule has 17 heavy (non-hydrogen) atoms. The highest BCUT2D eigenvalue weighted by molar-refractivity contribution is 5.52. The summed E-state index contributed by atoms with van der Waals surface area (Å²) in [4.78, 5) is 9.21. The molecule has 1 fully saturated rings. The molecule has 1 aliphatic heterocycles. The minimum Gasteiger partial charge on any atom is -0.397 e. The van der Waals surface area contributed by atoms with Crippen LogP contribution in [0.3, 0.4) is 0 Å². The molecule has 0 aromatic carbocycles. The summed E-state index contributed by atoms with van der Waals surface area (Å²) in [6, 6.07) is 3.19. The van der Waals surface area contributed by atoms with Crippen LogP contribution in [0.4, 0.5) is 11.5 Å². The molecule has 2 rings (SSSR count). The fourth-order valence-corrected chi connectivity index (χ4v) is 2.32. The van der Waals surface area contributed by atoms with Crippen molar-refractivity contribution in [1.82, 2.24) is 9.88 Å². The Hall–Kier alpha value is -1.29. The van der Waals surface area contributed by atoms with Crippen molar-refractivity contribution in [2.75, 3.05) is 30.8 Å². The van der Waals surface area contributed by atoms with Crippen LogP contribution in [0.15, 0.2) is 12.3 Å². The number of hydrogen-bond acceptors (Lipinski definition) is 4. The van der Waals surface area contributed by atoms with Crippen molar-refractivity contribution in [2.45, 2.75) is 32.9 Å². The summed E-state index contributed by atoms with van der Waals surface area (Å²) in [5.74, 6) is 1.04. The summed E-state index contributed by atoms with van der Waals surface area (Å²) in [7, 11) is 2.19. The molecule has 4 nitrogen and oxygen atoms in total. The van der Waals surface area contributed by atoms with E-state index in [0.29, 0.717) is 12.1 Å². The van der Waals surface area contributed by atoms with Crippen LogP contribution < -0.4 is 10.6 Å². The van der Waals surface area contributed by atoms with Gasteiger partial charge in [0, 0.05) is 25.2 Å². The summed E-state index contributed by atoms with van der Waals surface area (Å²) >= 11 is 0. The Morgan fingerprint density at radius 1 is 1.29 bits per heavy atom. The van der Waals surface area contributed by atoms with E-state index in [4.69, 9.17) is 5.73 Å². The van der Waals surface area contributed by atoms with Gasteiger partial charge in [0.2, 0.25) is 0 Å². The zero-order valence-corrected chi connectivity index (χ0v) is 11.1. The lowest BCUT2D eigenvalue weighted by molar-refractivity contribution is 0.169. The molecule has 0 spiro atoms. The molecule has 0 saturated carbocycles. The largest absolute Gasteiger partial charge is 0.397 e. The van der Waals surface area contributed by atoms with Crippen LogP contribution in [0.2, 0.25) is 0 Å². The van der Waals surface area contributed by atoms with Crippen molar-refractivity contribution in [3.05, 3.63) is 17.8 Å². The van der Waals surface area contributed by atoms with E-state index >= 15 is 0 Å². The Morgan fingerprint density at radius 2 is 1.88 bits per heavy atom. The highest BCUT2D eigenvalue weighted by atomic mass is 15.3. The number of hydrogen-bond donors (Lipinski definition) is 1. The third kappa shape index (κ3) is 2.36. The van der Waals surface area contributed by atoms with Crippen LogP contribution in [0.25, 0.3) is 0 Å². The average Bonchev–Trinajstić information content (AvgIpc) is 2.29. The average molecular weight is 234 g/mol. The fourth-order valence-electron chi connectivity index (χ4n) is 2.32. The number of rotatable bonds is 1. The van der Waals surface area contributed by atoms with Gasteiger partial charge in [-0.25, -0.2) is 4.98 Å². The van der Waals surface area contributed by atoms with Gasteiger partial charge in [0.05, 0.1) is 11.9 Å². The molecule has 0 aliphatic carbocycles. The summed E-state index contributed by atoms with van der Waals surface area (Å²) in [6.45, 7) is 8.59. The Balaban J connectivity index is 2.20. The Labute approximate surface area is 103 Å². The zero-order chi connectivity index (χ0) is 12.6. The smallest absolute Gasteiger partial charge is 0.129 e. The highest BCUT2D eigenvalue weighted by Crippen LogP contribution is 2.22. The molecular formula is C13H22N4. The number of nitrogens with zero attached hydrogens (tertiary/aromatic N) is 3. The third-order valence-corrected chi connectivity index (χ3v) is 3.82. The Bertz CT molecular complexity index is 392. The molecule has 2 atom stereocenters. The SMILES string of the molecule is Cc1cc(N2CC(C)N(C)C(C)C2)ncc1N. The minimum atomic E-state index is 0.554. The van der Waals surface area contributed by atoms with E-state index in [1.54, 1.807) is 6.20 Å².